The van der Waals surface area contributed by atoms with Gasteiger partial charge in [-0.05, 0) is 61.5 Å². The van der Waals surface area contributed by atoms with Crippen molar-refractivity contribution in [3.8, 4) is 11.5 Å². The first kappa shape index (κ1) is 23.7. The molecule has 0 amide bonds. The Morgan fingerprint density at radius 1 is 0.914 bits per heavy atom. The van der Waals surface area contributed by atoms with Gasteiger partial charge < -0.3 is 30.2 Å². The molecule has 0 bridgehead atoms. The molecule has 182 valence electrons. The monoisotopic (exact) mass is 486 g/mol. The van der Waals surface area contributed by atoms with Crippen LogP contribution < -0.4 is 20.7 Å². The number of nitrogens with one attached hydrogen (secondary N) is 3. The number of halogens is 3. The van der Waals surface area contributed by atoms with Crippen molar-refractivity contribution in [1.29, 1.82) is 0 Å². The Balaban J connectivity index is 1.63. The number of ether oxygens (including phenoxy) is 1. The number of phenolic OH excluding ortho intramolecular Hbond substituents is 1. The zero-order valence-electron chi connectivity index (χ0n) is 18.4. The molecule has 2 aromatic heterocycles. The van der Waals surface area contributed by atoms with Crippen LogP contribution in [0.15, 0.2) is 65.3 Å². The summed E-state index contributed by atoms with van der Waals surface area (Å²) in [4.78, 5) is 12.8. The molecule has 4 aromatic rings. The fourth-order valence-corrected chi connectivity index (χ4v) is 3.06. The summed E-state index contributed by atoms with van der Waals surface area (Å²) in [5, 5.41) is 18.2. The first-order chi connectivity index (χ1) is 16.8. The molecule has 12 heteroatoms. The van der Waals surface area contributed by atoms with Gasteiger partial charge >= 0.3 is 6.18 Å². The van der Waals surface area contributed by atoms with Crippen LogP contribution in [0.4, 0.5) is 42.4 Å². The van der Waals surface area contributed by atoms with E-state index in [1.807, 2.05) is 0 Å². The molecule has 0 unspecified atom stereocenters. The number of alkyl halides is 3. The van der Waals surface area contributed by atoms with Crippen LogP contribution in [0.5, 0.6) is 11.5 Å². The number of benzene rings is 2. The summed E-state index contributed by atoms with van der Waals surface area (Å²) in [5.41, 5.74) is -0.228. The summed E-state index contributed by atoms with van der Waals surface area (Å²) < 4.78 is 51.0. The molecule has 0 saturated heterocycles. The van der Waals surface area contributed by atoms with Crippen molar-refractivity contribution < 1.29 is 27.4 Å². The van der Waals surface area contributed by atoms with E-state index in [-0.39, 0.29) is 48.2 Å². The van der Waals surface area contributed by atoms with Crippen molar-refractivity contribution >= 4 is 29.2 Å². The average molecular weight is 486 g/mol. The Kier molecular flexibility index (Phi) is 6.90. The number of phenols is 1. The van der Waals surface area contributed by atoms with Crippen LogP contribution >= 0.6 is 0 Å². The highest BCUT2D eigenvalue weighted by Gasteiger charge is 2.34. The Morgan fingerprint density at radius 2 is 1.57 bits per heavy atom. The predicted molar refractivity (Wildman–Crippen MR) is 123 cm³/mol. The molecule has 0 spiro atoms. The molecule has 0 radical (unpaired) electrons. The van der Waals surface area contributed by atoms with Crippen LogP contribution in [0.3, 0.4) is 0 Å². The van der Waals surface area contributed by atoms with E-state index >= 15 is 0 Å². The summed E-state index contributed by atoms with van der Waals surface area (Å²) >= 11 is 0. The van der Waals surface area contributed by atoms with Crippen LogP contribution in [0.25, 0.3) is 0 Å². The van der Waals surface area contributed by atoms with E-state index in [4.69, 9.17) is 9.15 Å². The zero-order chi connectivity index (χ0) is 24.8. The molecular formula is C23H21F3N6O3. The summed E-state index contributed by atoms with van der Waals surface area (Å²) in [5.74, 6) is 0.732. The fraction of sp³-hybridized carbons (Fsp3) is 0.174. The van der Waals surface area contributed by atoms with Gasteiger partial charge in [0.1, 0.15) is 17.3 Å². The normalized spacial score (nSPS) is 11.2. The van der Waals surface area contributed by atoms with Crippen LogP contribution in [0.2, 0.25) is 0 Å². The molecule has 0 aliphatic heterocycles. The molecule has 2 heterocycles. The van der Waals surface area contributed by atoms with Crippen molar-refractivity contribution in [2.75, 3.05) is 22.6 Å². The van der Waals surface area contributed by atoms with Gasteiger partial charge in [-0.2, -0.15) is 28.1 Å². The highest BCUT2D eigenvalue weighted by Crippen LogP contribution is 2.38. The van der Waals surface area contributed by atoms with Crippen molar-refractivity contribution in [3.63, 3.8) is 0 Å². The van der Waals surface area contributed by atoms with Gasteiger partial charge in [0.15, 0.2) is 0 Å². The van der Waals surface area contributed by atoms with E-state index in [9.17, 15) is 18.3 Å². The smallest absolute Gasteiger partial charge is 0.420 e. The summed E-state index contributed by atoms with van der Waals surface area (Å²) in [6, 6.07) is 13.3. The van der Waals surface area contributed by atoms with Gasteiger partial charge in [0.2, 0.25) is 17.8 Å². The van der Waals surface area contributed by atoms with Crippen LogP contribution in [-0.4, -0.2) is 26.7 Å². The third-order valence-corrected chi connectivity index (χ3v) is 4.60. The number of rotatable bonds is 9. The van der Waals surface area contributed by atoms with Gasteiger partial charge in [0, 0.05) is 11.4 Å². The van der Waals surface area contributed by atoms with E-state index < -0.39 is 11.7 Å². The standard InChI is InChI=1S/C23H21F3N6O3/c1-2-34-19-10-7-15(12-18(19)23(24,25)26)29-22-31-20(27-13-17-4-3-11-35-17)30-21(32-22)28-14-5-8-16(33)9-6-14/h3-12,33H,2,13H2,1H3,(H3,27,28,29,30,31,32). The van der Waals surface area contributed by atoms with E-state index in [1.165, 1.54) is 30.5 Å². The second kappa shape index (κ2) is 10.2. The molecule has 9 nitrogen and oxygen atoms in total. The maximum absolute atomic E-state index is 13.5. The van der Waals surface area contributed by atoms with E-state index in [0.717, 1.165) is 6.07 Å². The Morgan fingerprint density at radius 3 is 2.20 bits per heavy atom. The molecular weight excluding hydrogens is 465 g/mol. The largest absolute Gasteiger partial charge is 0.508 e. The highest BCUT2D eigenvalue weighted by atomic mass is 19.4. The number of nitrogens with zero attached hydrogens (tertiary/aromatic N) is 3. The minimum absolute atomic E-state index is 0.000470. The second-order valence-corrected chi connectivity index (χ2v) is 7.18. The second-order valence-electron chi connectivity index (χ2n) is 7.18. The predicted octanol–water partition coefficient (Wildman–Crippen LogP) is 5.69. The van der Waals surface area contributed by atoms with Gasteiger partial charge in [-0.3, -0.25) is 0 Å². The minimum Gasteiger partial charge on any atom is -0.508 e. The molecule has 0 aliphatic rings. The summed E-state index contributed by atoms with van der Waals surface area (Å²) in [6.07, 6.45) is -3.08. The number of furan rings is 1. The number of aromatic nitrogens is 3. The van der Waals surface area contributed by atoms with Crippen molar-refractivity contribution in [2.45, 2.75) is 19.6 Å². The lowest BCUT2D eigenvalue weighted by molar-refractivity contribution is -0.138. The zero-order valence-corrected chi connectivity index (χ0v) is 18.4. The highest BCUT2D eigenvalue weighted by molar-refractivity contribution is 5.61. The first-order valence-corrected chi connectivity index (χ1v) is 10.5. The molecule has 4 N–H and O–H groups in total. The Bertz CT molecular complexity index is 1260. The van der Waals surface area contributed by atoms with Gasteiger partial charge in [0.05, 0.1) is 25.0 Å². The number of aromatic hydroxyl groups is 1. The van der Waals surface area contributed by atoms with Crippen molar-refractivity contribution in [2.24, 2.45) is 0 Å². The van der Waals surface area contributed by atoms with E-state index in [2.05, 4.69) is 30.9 Å². The van der Waals surface area contributed by atoms with Crippen molar-refractivity contribution in [3.05, 3.63) is 72.2 Å². The fourth-order valence-electron chi connectivity index (χ4n) is 3.06. The molecule has 35 heavy (non-hydrogen) atoms. The molecule has 0 saturated carbocycles. The molecule has 0 aliphatic carbocycles. The third kappa shape index (κ3) is 6.31. The maximum atomic E-state index is 13.5. The number of hydrogen-bond donors (Lipinski definition) is 4. The first-order valence-electron chi connectivity index (χ1n) is 10.5. The Hall–Kier alpha value is -4.48. The summed E-state index contributed by atoms with van der Waals surface area (Å²) in [7, 11) is 0. The van der Waals surface area contributed by atoms with Gasteiger partial charge in [-0.25, -0.2) is 0 Å². The third-order valence-electron chi connectivity index (χ3n) is 4.60. The van der Waals surface area contributed by atoms with Crippen LogP contribution in [0.1, 0.15) is 18.2 Å². The van der Waals surface area contributed by atoms with Gasteiger partial charge in [0.25, 0.3) is 0 Å². The summed E-state index contributed by atoms with van der Waals surface area (Å²) in [6.45, 7) is 1.98. The number of hydrogen-bond acceptors (Lipinski definition) is 9. The lowest BCUT2D eigenvalue weighted by Gasteiger charge is -2.15. The lowest BCUT2D eigenvalue weighted by atomic mass is 10.1. The lowest BCUT2D eigenvalue weighted by Crippen LogP contribution is -2.11. The van der Waals surface area contributed by atoms with E-state index in [1.54, 1.807) is 31.2 Å². The maximum Gasteiger partial charge on any atom is 0.420 e. The minimum atomic E-state index is -4.61. The molecule has 0 fully saturated rings. The van der Waals surface area contributed by atoms with Crippen LogP contribution in [-0.2, 0) is 12.7 Å². The van der Waals surface area contributed by atoms with Gasteiger partial charge in [-0.1, -0.05) is 0 Å². The van der Waals surface area contributed by atoms with Crippen molar-refractivity contribution in [1.82, 2.24) is 15.0 Å². The Labute approximate surface area is 198 Å². The topological polar surface area (TPSA) is 117 Å². The van der Waals surface area contributed by atoms with E-state index in [0.29, 0.717) is 11.4 Å². The molecule has 4 rings (SSSR count). The average Bonchev–Trinajstić information content (AvgIpc) is 3.33. The van der Waals surface area contributed by atoms with Gasteiger partial charge in [-0.15, -0.1) is 0 Å². The number of anilines is 5. The molecule has 2 aromatic carbocycles. The quantitative estimate of drug-likeness (QED) is 0.221. The molecule has 0 atom stereocenters. The van der Waals surface area contributed by atoms with Crippen LogP contribution in [0, 0.1) is 0 Å². The SMILES string of the molecule is CCOc1ccc(Nc2nc(NCc3ccco3)nc(Nc3ccc(O)cc3)n2)cc1C(F)(F)F.